The summed E-state index contributed by atoms with van der Waals surface area (Å²) in [5.74, 6) is 0.509. The van der Waals surface area contributed by atoms with Crippen molar-refractivity contribution in [2.24, 2.45) is 0 Å². The Morgan fingerprint density at radius 2 is 2.11 bits per heavy atom. The van der Waals surface area contributed by atoms with Gasteiger partial charge in [-0.15, -0.1) is 5.10 Å². The SMILES string of the molecule is Cc1nc2c(cc1Cl)C(c1nnn[nH]1)OC21CCN(C(=O)OC(C)(C)C)CC1. The molecule has 1 N–H and O–H groups in total. The van der Waals surface area contributed by atoms with E-state index in [1.165, 1.54) is 0 Å². The van der Waals surface area contributed by atoms with Crippen molar-refractivity contribution in [3.05, 3.63) is 33.9 Å². The molecule has 0 aliphatic carbocycles. The first-order valence-electron chi connectivity index (χ1n) is 9.25. The van der Waals surface area contributed by atoms with Crippen molar-refractivity contribution in [1.82, 2.24) is 30.5 Å². The summed E-state index contributed by atoms with van der Waals surface area (Å²) in [5.41, 5.74) is 1.32. The lowest BCUT2D eigenvalue weighted by molar-refractivity contribution is -0.101. The third kappa shape index (κ3) is 3.33. The number of aryl methyl sites for hydroxylation is 1. The monoisotopic (exact) mass is 406 g/mol. The molecule has 0 saturated carbocycles. The van der Waals surface area contributed by atoms with Gasteiger partial charge in [-0.05, 0) is 57.0 Å². The molecule has 1 unspecified atom stereocenters. The molecule has 9 nitrogen and oxygen atoms in total. The van der Waals surface area contributed by atoms with Gasteiger partial charge in [-0.25, -0.2) is 9.89 Å². The van der Waals surface area contributed by atoms with Gasteiger partial charge in [0, 0.05) is 18.7 Å². The van der Waals surface area contributed by atoms with E-state index in [0.29, 0.717) is 36.8 Å². The molecule has 1 spiro atoms. The Morgan fingerprint density at radius 3 is 2.71 bits per heavy atom. The number of nitrogens with one attached hydrogen (secondary N) is 1. The van der Waals surface area contributed by atoms with Crippen molar-refractivity contribution in [3.8, 4) is 0 Å². The fraction of sp³-hybridized carbons (Fsp3) is 0.611. The van der Waals surface area contributed by atoms with Gasteiger partial charge in [-0.1, -0.05) is 11.6 Å². The molecule has 10 heteroatoms. The third-order valence-electron chi connectivity index (χ3n) is 5.07. The van der Waals surface area contributed by atoms with Gasteiger partial charge >= 0.3 is 6.09 Å². The number of halogens is 1. The predicted molar refractivity (Wildman–Crippen MR) is 99.8 cm³/mol. The average Bonchev–Trinajstić information content (AvgIpc) is 3.23. The normalized spacial score (nSPS) is 21.0. The maximum absolute atomic E-state index is 12.4. The summed E-state index contributed by atoms with van der Waals surface area (Å²) >= 11 is 6.32. The van der Waals surface area contributed by atoms with Gasteiger partial charge in [0.05, 0.1) is 16.4 Å². The van der Waals surface area contributed by atoms with Crippen LogP contribution in [0.3, 0.4) is 0 Å². The Bertz CT molecular complexity index is 887. The second-order valence-corrected chi connectivity index (χ2v) is 8.65. The number of fused-ring (bicyclic) bond motifs is 2. The van der Waals surface area contributed by atoms with Crippen LogP contribution < -0.4 is 0 Å². The number of nitrogens with zero attached hydrogens (tertiary/aromatic N) is 5. The number of amides is 1. The van der Waals surface area contributed by atoms with Gasteiger partial charge in [0.2, 0.25) is 0 Å². The molecule has 1 atom stereocenters. The van der Waals surface area contributed by atoms with Crippen LogP contribution in [-0.2, 0) is 15.1 Å². The topological polar surface area (TPSA) is 106 Å². The second kappa shape index (κ2) is 6.66. The van der Waals surface area contributed by atoms with E-state index in [0.717, 1.165) is 17.0 Å². The first-order valence-corrected chi connectivity index (χ1v) is 9.63. The fourth-order valence-corrected chi connectivity index (χ4v) is 3.88. The molecule has 4 heterocycles. The van der Waals surface area contributed by atoms with Crippen molar-refractivity contribution in [1.29, 1.82) is 0 Å². The minimum absolute atomic E-state index is 0.309. The molecule has 2 aliphatic rings. The van der Waals surface area contributed by atoms with Crippen molar-refractivity contribution in [2.45, 2.75) is 57.8 Å². The third-order valence-corrected chi connectivity index (χ3v) is 5.45. The smallest absolute Gasteiger partial charge is 0.410 e. The zero-order valence-corrected chi connectivity index (χ0v) is 17.1. The van der Waals surface area contributed by atoms with Crippen molar-refractivity contribution < 1.29 is 14.3 Å². The van der Waals surface area contributed by atoms with Crippen molar-refractivity contribution >= 4 is 17.7 Å². The number of tetrazole rings is 1. The lowest BCUT2D eigenvalue weighted by atomic mass is 9.87. The van der Waals surface area contributed by atoms with E-state index in [4.69, 9.17) is 26.1 Å². The number of likely N-dealkylation sites (tertiary alicyclic amines) is 1. The fourth-order valence-electron chi connectivity index (χ4n) is 3.72. The van der Waals surface area contributed by atoms with E-state index in [2.05, 4.69) is 20.6 Å². The number of aromatic nitrogens is 5. The highest BCUT2D eigenvalue weighted by Crippen LogP contribution is 2.50. The number of carbonyl (C=O) groups is 1. The summed E-state index contributed by atoms with van der Waals surface area (Å²) < 4.78 is 12.0. The molecule has 2 aromatic heterocycles. The number of carbonyl (C=O) groups excluding carboxylic acids is 1. The van der Waals surface area contributed by atoms with E-state index in [-0.39, 0.29) is 6.09 Å². The number of H-pyrrole nitrogens is 1. The minimum Gasteiger partial charge on any atom is -0.444 e. The summed E-state index contributed by atoms with van der Waals surface area (Å²) in [7, 11) is 0. The van der Waals surface area contributed by atoms with E-state index < -0.39 is 17.3 Å². The van der Waals surface area contributed by atoms with Gasteiger partial charge in [-0.2, -0.15) is 0 Å². The van der Waals surface area contributed by atoms with Gasteiger partial charge < -0.3 is 14.4 Å². The average molecular weight is 407 g/mol. The standard InChI is InChI=1S/C18H23ClN6O3/c1-10-12(19)9-11-13(15-21-23-24-22-15)27-18(14(11)20-10)5-7-25(8-6-18)16(26)28-17(2,3)4/h9,13H,5-8H2,1-4H3,(H,21,22,23,24). The molecule has 150 valence electrons. The van der Waals surface area contributed by atoms with Crippen LogP contribution in [0.15, 0.2) is 6.07 Å². The Hall–Kier alpha value is -2.26. The Kier molecular flexibility index (Phi) is 4.54. The number of hydrogen-bond acceptors (Lipinski definition) is 7. The maximum atomic E-state index is 12.4. The molecule has 1 amide bonds. The van der Waals surface area contributed by atoms with E-state index >= 15 is 0 Å². The van der Waals surface area contributed by atoms with E-state index in [1.54, 1.807) is 4.90 Å². The van der Waals surface area contributed by atoms with Gasteiger partial charge in [0.15, 0.2) is 5.82 Å². The molecule has 1 fully saturated rings. The van der Waals surface area contributed by atoms with Crippen molar-refractivity contribution in [3.63, 3.8) is 0 Å². The first-order chi connectivity index (χ1) is 13.2. The largest absolute Gasteiger partial charge is 0.444 e. The number of ether oxygens (including phenoxy) is 2. The van der Waals surface area contributed by atoms with Crippen LogP contribution in [0.1, 0.15) is 62.5 Å². The summed E-state index contributed by atoms with van der Waals surface area (Å²) in [6.07, 6.45) is 0.428. The number of aromatic amines is 1. The molecular weight excluding hydrogens is 384 g/mol. The highest BCUT2D eigenvalue weighted by molar-refractivity contribution is 6.31. The van der Waals surface area contributed by atoms with Gasteiger partial charge in [-0.3, -0.25) is 4.98 Å². The van der Waals surface area contributed by atoms with Gasteiger partial charge in [0.25, 0.3) is 0 Å². The Labute approximate surface area is 167 Å². The summed E-state index contributed by atoms with van der Waals surface area (Å²) in [6, 6.07) is 1.88. The maximum Gasteiger partial charge on any atom is 0.410 e. The van der Waals surface area contributed by atoms with Gasteiger partial charge in [0.1, 0.15) is 17.3 Å². The first kappa shape index (κ1) is 19.1. The van der Waals surface area contributed by atoms with Crippen LogP contribution in [0, 0.1) is 6.92 Å². The molecule has 2 aromatic rings. The zero-order valence-electron chi connectivity index (χ0n) is 16.3. The number of rotatable bonds is 1. The van der Waals surface area contributed by atoms with Crippen LogP contribution in [-0.4, -0.2) is 55.3 Å². The Balaban J connectivity index is 1.61. The minimum atomic E-state index is -0.610. The van der Waals surface area contributed by atoms with Crippen molar-refractivity contribution in [2.75, 3.05) is 13.1 Å². The molecule has 4 rings (SSSR count). The van der Waals surface area contributed by atoms with Crippen LogP contribution in [0.5, 0.6) is 0 Å². The highest BCUT2D eigenvalue weighted by Gasteiger charge is 2.50. The molecule has 1 saturated heterocycles. The summed E-state index contributed by atoms with van der Waals surface area (Å²) in [5, 5.41) is 14.7. The molecule has 0 bridgehead atoms. The molecule has 0 radical (unpaired) electrons. The second-order valence-electron chi connectivity index (χ2n) is 8.24. The quantitative estimate of drug-likeness (QED) is 0.775. The van der Waals surface area contributed by atoms with Crippen LogP contribution in [0.2, 0.25) is 5.02 Å². The zero-order chi connectivity index (χ0) is 20.1. The van der Waals surface area contributed by atoms with E-state index in [1.807, 2.05) is 33.8 Å². The van der Waals surface area contributed by atoms with E-state index in [9.17, 15) is 4.79 Å². The molecule has 2 aliphatic heterocycles. The number of hydrogen-bond donors (Lipinski definition) is 1. The highest BCUT2D eigenvalue weighted by atomic mass is 35.5. The van der Waals surface area contributed by atoms with Crippen LogP contribution in [0.25, 0.3) is 0 Å². The molecular formula is C18H23ClN6O3. The lowest BCUT2D eigenvalue weighted by Gasteiger charge is -2.39. The molecule has 28 heavy (non-hydrogen) atoms. The van der Waals surface area contributed by atoms with Crippen LogP contribution in [0.4, 0.5) is 4.79 Å². The number of piperidine rings is 1. The Morgan fingerprint density at radius 1 is 1.39 bits per heavy atom. The predicted octanol–water partition coefficient (Wildman–Crippen LogP) is 2.90. The lowest BCUT2D eigenvalue weighted by Crippen LogP contribution is -2.47. The number of pyridine rings is 1. The molecule has 0 aromatic carbocycles. The van der Waals surface area contributed by atoms with Crippen LogP contribution >= 0.6 is 11.6 Å². The summed E-state index contributed by atoms with van der Waals surface area (Å²) in [4.78, 5) is 18.9. The summed E-state index contributed by atoms with van der Waals surface area (Å²) in [6.45, 7) is 8.48.